The van der Waals surface area contributed by atoms with Crippen LogP contribution in [0, 0.1) is 0 Å². The number of nitrogens with one attached hydrogen (secondary N) is 2. The van der Waals surface area contributed by atoms with Crippen LogP contribution in [0.5, 0.6) is 5.75 Å². The van der Waals surface area contributed by atoms with E-state index in [-0.39, 0.29) is 41.7 Å². The van der Waals surface area contributed by atoms with Crippen molar-refractivity contribution in [1.82, 2.24) is 15.6 Å². The molecule has 0 radical (unpaired) electrons. The number of hydrogen-bond donors (Lipinski definition) is 2. The Balaban J connectivity index is 0.00000261. The first-order valence-electron chi connectivity index (χ1n) is 8.18. The van der Waals surface area contributed by atoms with Gasteiger partial charge >= 0.3 is 6.36 Å². The van der Waals surface area contributed by atoms with Crippen LogP contribution in [0.3, 0.4) is 0 Å². The van der Waals surface area contributed by atoms with Crippen LogP contribution in [0.4, 0.5) is 13.2 Å². The minimum atomic E-state index is -4.70. The van der Waals surface area contributed by atoms with Gasteiger partial charge in [0.25, 0.3) is 0 Å². The summed E-state index contributed by atoms with van der Waals surface area (Å²) >= 11 is 0. The molecule has 1 saturated carbocycles. The van der Waals surface area contributed by atoms with Crippen molar-refractivity contribution >= 4 is 29.9 Å². The van der Waals surface area contributed by atoms with Crippen LogP contribution < -0.4 is 15.4 Å². The lowest BCUT2D eigenvalue weighted by Crippen LogP contribution is -2.38. The van der Waals surface area contributed by atoms with Crippen molar-refractivity contribution in [3.8, 4) is 5.75 Å². The Morgan fingerprint density at radius 2 is 1.96 bits per heavy atom. The van der Waals surface area contributed by atoms with E-state index in [1.54, 1.807) is 25.4 Å². The molecule has 146 valence electrons. The van der Waals surface area contributed by atoms with Crippen LogP contribution in [0.15, 0.2) is 53.7 Å². The van der Waals surface area contributed by atoms with E-state index in [0.717, 1.165) is 5.69 Å². The molecule has 2 atom stereocenters. The molecule has 0 spiro atoms. The summed E-state index contributed by atoms with van der Waals surface area (Å²) in [5, 5.41) is 6.37. The lowest BCUT2D eigenvalue weighted by Gasteiger charge is -2.14. The van der Waals surface area contributed by atoms with Gasteiger partial charge in [0.15, 0.2) is 5.96 Å². The number of alkyl halides is 3. The molecule has 3 rings (SSSR count). The zero-order chi connectivity index (χ0) is 18.6. The van der Waals surface area contributed by atoms with Gasteiger partial charge in [-0.15, -0.1) is 37.1 Å². The summed E-state index contributed by atoms with van der Waals surface area (Å²) in [7, 11) is 1.64. The predicted molar refractivity (Wildman–Crippen MR) is 107 cm³/mol. The number of nitrogens with zero attached hydrogens (tertiary/aromatic N) is 2. The fraction of sp³-hybridized carbons (Fsp3) is 0.333. The Morgan fingerprint density at radius 3 is 2.63 bits per heavy atom. The van der Waals surface area contributed by atoms with Crippen molar-refractivity contribution in [2.24, 2.45) is 4.99 Å². The summed E-state index contributed by atoms with van der Waals surface area (Å²) in [5.41, 5.74) is 1.41. The summed E-state index contributed by atoms with van der Waals surface area (Å²) in [5.74, 6) is 0.380. The highest BCUT2D eigenvalue weighted by atomic mass is 127. The normalized spacial score (nSPS) is 19.0. The molecule has 2 aromatic rings. The lowest BCUT2D eigenvalue weighted by atomic mass is 10.1. The highest BCUT2D eigenvalue weighted by molar-refractivity contribution is 14.0. The first kappa shape index (κ1) is 21.3. The molecule has 9 heteroatoms. The standard InChI is InChI=1S/C18H19F3N4O.HI/c1-22-17(24-11-12-6-4-5-9-23-12)25-15-10-14(15)13-7-2-3-8-16(13)26-18(19,20)21;/h2-9,14-15H,10-11H2,1H3,(H2,22,24,25);1H. The van der Waals surface area contributed by atoms with Crippen molar-refractivity contribution in [2.75, 3.05) is 7.05 Å². The second-order valence-corrected chi connectivity index (χ2v) is 5.93. The van der Waals surface area contributed by atoms with Gasteiger partial charge < -0.3 is 15.4 Å². The molecule has 2 N–H and O–H groups in total. The van der Waals surface area contributed by atoms with E-state index in [2.05, 4.69) is 25.3 Å². The largest absolute Gasteiger partial charge is 0.573 e. The molecular weight excluding hydrogens is 472 g/mol. The average Bonchev–Trinajstić information content (AvgIpc) is 3.37. The number of guanidine groups is 1. The zero-order valence-corrected chi connectivity index (χ0v) is 16.9. The van der Waals surface area contributed by atoms with Crippen LogP contribution >= 0.6 is 24.0 Å². The van der Waals surface area contributed by atoms with E-state index in [4.69, 9.17) is 0 Å². The molecule has 1 aliphatic carbocycles. The third-order valence-electron chi connectivity index (χ3n) is 4.04. The van der Waals surface area contributed by atoms with Crippen LogP contribution in [0.1, 0.15) is 23.6 Å². The molecule has 27 heavy (non-hydrogen) atoms. The summed E-state index contributed by atoms with van der Waals surface area (Å²) in [6.45, 7) is 0.506. The van der Waals surface area contributed by atoms with Gasteiger partial charge in [0.05, 0.1) is 12.2 Å². The number of aromatic nitrogens is 1. The van der Waals surface area contributed by atoms with Gasteiger partial charge in [0, 0.05) is 25.2 Å². The van der Waals surface area contributed by atoms with Gasteiger partial charge in [0.2, 0.25) is 0 Å². The van der Waals surface area contributed by atoms with Crippen molar-refractivity contribution in [2.45, 2.75) is 31.3 Å². The molecule has 1 aromatic carbocycles. The van der Waals surface area contributed by atoms with E-state index in [1.807, 2.05) is 18.2 Å². The van der Waals surface area contributed by atoms with Crippen molar-refractivity contribution < 1.29 is 17.9 Å². The summed E-state index contributed by atoms with van der Waals surface area (Å²) in [6, 6.07) is 11.9. The molecule has 2 unspecified atom stereocenters. The van der Waals surface area contributed by atoms with Gasteiger partial charge in [-0.25, -0.2) is 0 Å². The van der Waals surface area contributed by atoms with Crippen LogP contribution in [0.25, 0.3) is 0 Å². The van der Waals surface area contributed by atoms with Gasteiger partial charge in [-0.1, -0.05) is 24.3 Å². The Bertz CT molecular complexity index is 771. The number of halogens is 4. The van der Waals surface area contributed by atoms with E-state index >= 15 is 0 Å². The van der Waals surface area contributed by atoms with Crippen molar-refractivity contribution in [1.29, 1.82) is 0 Å². The van der Waals surface area contributed by atoms with Gasteiger partial charge in [-0.2, -0.15) is 0 Å². The monoisotopic (exact) mass is 492 g/mol. The minimum absolute atomic E-state index is 0. The first-order chi connectivity index (χ1) is 12.5. The Morgan fingerprint density at radius 1 is 1.22 bits per heavy atom. The summed E-state index contributed by atoms with van der Waals surface area (Å²) in [4.78, 5) is 8.37. The average molecular weight is 492 g/mol. The number of rotatable bonds is 5. The SMILES string of the molecule is CN=C(NCc1ccccn1)NC1CC1c1ccccc1OC(F)(F)F.I. The minimum Gasteiger partial charge on any atom is -0.405 e. The van der Waals surface area contributed by atoms with Crippen LogP contribution in [-0.4, -0.2) is 30.4 Å². The molecule has 1 aromatic heterocycles. The van der Waals surface area contributed by atoms with E-state index in [0.29, 0.717) is 24.5 Å². The number of hydrogen-bond acceptors (Lipinski definition) is 3. The molecule has 0 saturated heterocycles. The topological polar surface area (TPSA) is 58.5 Å². The molecule has 1 fully saturated rings. The fourth-order valence-corrected chi connectivity index (χ4v) is 2.75. The second kappa shape index (κ2) is 9.25. The maximum atomic E-state index is 12.6. The maximum Gasteiger partial charge on any atom is 0.573 e. The number of pyridine rings is 1. The third-order valence-corrected chi connectivity index (χ3v) is 4.04. The van der Waals surface area contributed by atoms with E-state index in [9.17, 15) is 13.2 Å². The maximum absolute atomic E-state index is 12.6. The number of ether oxygens (including phenoxy) is 1. The van der Waals surface area contributed by atoms with Gasteiger partial charge in [-0.05, 0) is 30.2 Å². The van der Waals surface area contributed by atoms with Crippen LogP contribution in [0.2, 0.25) is 0 Å². The van der Waals surface area contributed by atoms with Crippen molar-refractivity contribution in [3.05, 3.63) is 59.9 Å². The van der Waals surface area contributed by atoms with Crippen molar-refractivity contribution in [3.63, 3.8) is 0 Å². The van der Waals surface area contributed by atoms with E-state index in [1.165, 1.54) is 12.1 Å². The second-order valence-electron chi connectivity index (χ2n) is 5.93. The first-order valence-corrected chi connectivity index (χ1v) is 8.18. The molecule has 0 bridgehead atoms. The van der Waals surface area contributed by atoms with E-state index < -0.39 is 6.36 Å². The van der Waals surface area contributed by atoms with Gasteiger partial charge in [0.1, 0.15) is 5.75 Å². The molecule has 5 nitrogen and oxygen atoms in total. The zero-order valence-electron chi connectivity index (χ0n) is 14.5. The molecular formula is C18H20F3IN4O. The highest BCUT2D eigenvalue weighted by Gasteiger charge is 2.42. The summed E-state index contributed by atoms with van der Waals surface area (Å²) in [6.07, 6.45) is -2.28. The third kappa shape index (κ3) is 6.26. The smallest absolute Gasteiger partial charge is 0.405 e. The summed E-state index contributed by atoms with van der Waals surface area (Å²) < 4.78 is 41.8. The highest BCUT2D eigenvalue weighted by Crippen LogP contribution is 2.45. The lowest BCUT2D eigenvalue weighted by molar-refractivity contribution is -0.274. The predicted octanol–water partition coefficient (Wildman–Crippen LogP) is 3.82. The Labute approximate surface area is 172 Å². The fourth-order valence-electron chi connectivity index (χ4n) is 2.75. The number of aliphatic imine (C=N–C) groups is 1. The van der Waals surface area contributed by atoms with Crippen LogP contribution in [-0.2, 0) is 6.54 Å². The number of benzene rings is 1. The molecule has 1 heterocycles. The Hall–Kier alpha value is -2.04. The quantitative estimate of drug-likeness (QED) is 0.379. The Kier molecular flexibility index (Phi) is 7.28. The molecule has 0 amide bonds. The van der Waals surface area contributed by atoms with Gasteiger partial charge in [-0.3, -0.25) is 9.98 Å². The molecule has 1 aliphatic rings. The molecule has 0 aliphatic heterocycles. The number of para-hydroxylation sites is 1.